The first kappa shape index (κ1) is 32.6. The zero-order chi connectivity index (χ0) is 32.3. The number of esters is 1. The van der Waals surface area contributed by atoms with Gasteiger partial charge in [0.15, 0.2) is 0 Å². The highest BCUT2D eigenvalue weighted by Crippen LogP contribution is 2.46. The van der Waals surface area contributed by atoms with E-state index in [9.17, 15) is 18.8 Å². The third-order valence-electron chi connectivity index (χ3n) is 10.0. The van der Waals surface area contributed by atoms with Crippen molar-refractivity contribution in [1.29, 1.82) is 0 Å². The Morgan fingerprint density at radius 1 is 1.07 bits per heavy atom. The molecule has 1 aliphatic heterocycles. The van der Waals surface area contributed by atoms with E-state index in [0.29, 0.717) is 55.4 Å². The normalized spacial score (nSPS) is 20.1. The summed E-state index contributed by atoms with van der Waals surface area (Å²) < 4.78 is 21.9. The molecule has 1 unspecified atom stereocenters. The molecule has 10 heteroatoms. The van der Waals surface area contributed by atoms with Gasteiger partial charge in [-0.1, -0.05) is 26.3 Å². The fraction of sp³-hybridized carbons (Fsp3) is 0.514. The number of carbonyl (C=O) groups excluding carboxylic acids is 3. The number of carbonyl (C=O) groups is 3. The number of rotatable bonds is 12. The van der Waals surface area contributed by atoms with E-state index in [4.69, 9.17) is 21.9 Å². The average Bonchev–Trinajstić information content (AvgIpc) is 3.35. The Kier molecular flexibility index (Phi) is 9.94. The molecule has 2 aromatic carbocycles. The highest BCUT2D eigenvalue weighted by atomic mass is 19.1. The van der Waals surface area contributed by atoms with Crippen molar-refractivity contribution in [3.05, 3.63) is 53.5 Å². The van der Waals surface area contributed by atoms with E-state index in [1.165, 1.54) is 12.1 Å². The summed E-state index contributed by atoms with van der Waals surface area (Å²) in [4.78, 5) is 38.5. The van der Waals surface area contributed by atoms with Crippen LogP contribution in [-0.2, 0) is 16.0 Å². The molecule has 3 aromatic rings. The van der Waals surface area contributed by atoms with Gasteiger partial charge in [0.25, 0.3) is 5.91 Å². The van der Waals surface area contributed by atoms with Crippen molar-refractivity contribution in [2.75, 3.05) is 11.9 Å². The number of hydrogen-bond acceptors (Lipinski definition) is 7. The van der Waals surface area contributed by atoms with E-state index in [1.807, 2.05) is 12.1 Å². The average molecular weight is 620 g/mol. The van der Waals surface area contributed by atoms with Crippen LogP contribution >= 0.6 is 0 Å². The molecule has 9 nitrogen and oxygen atoms in total. The van der Waals surface area contributed by atoms with Gasteiger partial charge < -0.3 is 27.3 Å². The fourth-order valence-corrected chi connectivity index (χ4v) is 7.11. The Morgan fingerprint density at radius 2 is 1.80 bits per heavy atom. The third-order valence-corrected chi connectivity index (χ3v) is 10.0. The minimum atomic E-state index is -0.643. The van der Waals surface area contributed by atoms with Crippen LogP contribution in [0, 0.1) is 11.2 Å². The molecule has 1 fully saturated rings. The predicted octanol–water partition coefficient (Wildman–Crippen LogP) is 5.66. The van der Waals surface area contributed by atoms with Crippen molar-refractivity contribution in [2.45, 2.75) is 103 Å². The number of fused-ring (bicyclic) bond motifs is 3. The predicted molar refractivity (Wildman–Crippen MR) is 174 cm³/mol. The second kappa shape index (κ2) is 13.7. The summed E-state index contributed by atoms with van der Waals surface area (Å²) >= 11 is 0. The molecule has 1 saturated carbocycles. The van der Waals surface area contributed by atoms with Crippen LogP contribution in [-0.4, -0.2) is 47.1 Å². The van der Waals surface area contributed by atoms with E-state index >= 15 is 0 Å². The minimum absolute atomic E-state index is 0.0251. The van der Waals surface area contributed by atoms with Gasteiger partial charge in [-0.05, 0) is 106 Å². The summed E-state index contributed by atoms with van der Waals surface area (Å²) in [7, 11) is 0. The second-order valence-corrected chi connectivity index (χ2v) is 12.8. The number of aromatic nitrogens is 1. The van der Waals surface area contributed by atoms with E-state index in [-0.39, 0.29) is 29.4 Å². The Hall–Kier alpha value is -3.76. The van der Waals surface area contributed by atoms with Crippen LogP contribution in [0.5, 0.6) is 0 Å². The molecule has 2 aliphatic rings. The number of primary amides is 1. The summed E-state index contributed by atoms with van der Waals surface area (Å²) in [5.41, 5.74) is 21.3. The maximum absolute atomic E-state index is 14.5. The van der Waals surface area contributed by atoms with E-state index in [0.717, 1.165) is 60.7 Å². The van der Waals surface area contributed by atoms with Crippen molar-refractivity contribution < 1.29 is 23.5 Å². The summed E-state index contributed by atoms with van der Waals surface area (Å²) in [6.07, 6.45) is 7.60. The van der Waals surface area contributed by atoms with Crippen LogP contribution in [0.15, 0.2) is 36.4 Å². The topological polar surface area (TPSA) is 155 Å². The van der Waals surface area contributed by atoms with Crippen LogP contribution in [0.4, 0.5) is 10.1 Å². The van der Waals surface area contributed by atoms with Crippen molar-refractivity contribution in [1.82, 2.24) is 4.57 Å². The molecule has 1 aliphatic carbocycles. The number of unbranched alkanes of at least 4 members (excludes halogenated alkanes) is 1. The molecular formula is C35H46FN5O4. The molecule has 1 atom stereocenters. The van der Waals surface area contributed by atoms with Crippen LogP contribution in [0.3, 0.4) is 0 Å². The van der Waals surface area contributed by atoms with Gasteiger partial charge >= 0.3 is 5.97 Å². The number of halogens is 1. The summed E-state index contributed by atoms with van der Waals surface area (Å²) in [6.45, 7) is 4.80. The fourth-order valence-electron chi connectivity index (χ4n) is 7.11. The zero-order valence-corrected chi connectivity index (χ0v) is 26.4. The third kappa shape index (κ3) is 6.77. The Bertz CT molecular complexity index is 1570. The van der Waals surface area contributed by atoms with Crippen LogP contribution in [0.1, 0.15) is 98.9 Å². The van der Waals surface area contributed by atoms with Gasteiger partial charge in [0.2, 0.25) is 5.91 Å². The van der Waals surface area contributed by atoms with Crippen molar-refractivity contribution in [3.8, 4) is 11.1 Å². The number of nitrogens with zero attached hydrogens (tertiary/aromatic N) is 1. The van der Waals surface area contributed by atoms with Crippen LogP contribution in [0.25, 0.3) is 22.0 Å². The highest BCUT2D eigenvalue weighted by molar-refractivity contribution is 6.06. The first-order valence-electron chi connectivity index (χ1n) is 16.3. The standard InChI is InChI=1S/C35H46FN5O4/c1-3-35(4-2)19-30-32(26-15-9-22(36)18-29(26)41(30)31(42)20-35)21-8-14-25(33(39)43)28(17-21)40-23-10-12-24(13-11-23)45-34(44)27(38)7-5-6-16-37/h8-9,14-15,17-18,23-24,27,40H,3-7,10-13,16,19-20,37-38H2,1-2H3,(H2,39,43). The molecule has 2 heterocycles. The molecular weight excluding hydrogens is 573 g/mol. The van der Waals surface area contributed by atoms with E-state index in [2.05, 4.69) is 19.2 Å². The molecule has 0 spiro atoms. The van der Waals surface area contributed by atoms with Gasteiger partial charge in [0, 0.05) is 34.8 Å². The lowest BCUT2D eigenvalue weighted by atomic mass is 9.72. The molecule has 0 bridgehead atoms. The number of ether oxygens (including phenoxy) is 1. The highest BCUT2D eigenvalue weighted by Gasteiger charge is 2.39. The van der Waals surface area contributed by atoms with Gasteiger partial charge in [0.1, 0.15) is 18.0 Å². The number of nitrogens with one attached hydrogen (secondary N) is 1. The van der Waals surface area contributed by atoms with Crippen LogP contribution in [0.2, 0.25) is 0 Å². The van der Waals surface area contributed by atoms with Crippen molar-refractivity contribution in [3.63, 3.8) is 0 Å². The molecule has 0 saturated heterocycles. The monoisotopic (exact) mass is 619 g/mol. The van der Waals surface area contributed by atoms with Gasteiger partial charge in [-0.15, -0.1) is 0 Å². The Morgan fingerprint density at radius 3 is 2.47 bits per heavy atom. The number of benzene rings is 2. The lowest BCUT2D eigenvalue weighted by molar-refractivity contribution is -0.152. The number of anilines is 1. The molecule has 1 amide bonds. The lowest BCUT2D eigenvalue weighted by Gasteiger charge is -2.36. The van der Waals surface area contributed by atoms with E-state index < -0.39 is 17.8 Å². The van der Waals surface area contributed by atoms with E-state index in [1.54, 1.807) is 16.7 Å². The number of hydrogen-bond donors (Lipinski definition) is 4. The molecule has 0 radical (unpaired) electrons. The Balaban J connectivity index is 1.41. The SMILES string of the molecule is CCC1(CC)CC(=O)n2c(c(-c3ccc(C(N)=O)c(NC4CCC(OC(=O)C(N)CCCCN)CC4)c3)c3ccc(F)cc32)C1. The van der Waals surface area contributed by atoms with Gasteiger partial charge in [-0.3, -0.25) is 19.0 Å². The van der Waals surface area contributed by atoms with Crippen molar-refractivity contribution in [2.24, 2.45) is 22.6 Å². The van der Waals surface area contributed by atoms with Gasteiger partial charge in [-0.2, -0.15) is 0 Å². The van der Waals surface area contributed by atoms with Crippen molar-refractivity contribution >= 4 is 34.4 Å². The quantitative estimate of drug-likeness (QED) is 0.151. The molecule has 7 N–H and O–H groups in total. The molecule has 5 rings (SSSR count). The van der Waals surface area contributed by atoms with Gasteiger partial charge in [-0.25, -0.2) is 4.39 Å². The molecule has 242 valence electrons. The van der Waals surface area contributed by atoms with Crippen LogP contribution < -0.4 is 22.5 Å². The lowest BCUT2D eigenvalue weighted by Crippen LogP contribution is -2.37. The zero-order valence-electron chi connectivity index (χ0n) is 26.4. The summed E-state index contributed by atoms with van der Waals surface area (Å²) in [6, 6.07) is 9.48. The Labute approximate surface area is 264 Å². The summed E-state index contributed by atoms with van der Waals surface area (Å²) in [5.74, 6) is -1.34. The summed E-state index contributed by atoms with van der Waals surface area (Å²) in [5, 5.41) is 4.33. The minimum Gasteiger partial charge on any atom is -0.461 e. The number of amides is 1. The maximum Gasteiger partial charge on any atom is 0.323 e. The molecule has 1 aromatic heterocycles. The van der Waals surface area contributed by atoms with Gasteiger partial charge in [0.05, 0.1) is 11.1 Å². The maximum atomic E-state index is 14.5. The first-order valence-corrected chi connectivity index (χ1v) is 16.3. The smallest absolute Gasteiger partial charge is 0.323 e. The second-order valence-electron chi connectivity index (χ2n) is 12.8. The largest absolute Gasteiger partial charge is 0.461 e. The molecule has 45 heavy (non-hydrogen) atoms. The first-order chi connectivity index (χ1) is 21.6. The number of nitrogens with two attached hydrogens (primary N) is 3.